The minimum Gasteiger partial charge on any atom is -0.351 e. The summed E-state index contributed by atoms with van der Waals surface area (Å²) in [4.78, 5) is 11.3. The first kappa shape index (κ1) is 15.1. The Morgan fingerprint density at radius 1 is 1.33 bits per heavy atom. The van der Waals surface area contributed by atoms with E-state index in [1.165, 1.54) is 0 Å². The van der Waals surface area contributed by atoms with Crippen LogP contribution in [0.2, 0.25) is 0 Å². The van der Waals surface area contributed by atoms with Crippen LogP contribution in [-0.2, 0) is 5.41 Å². The number of amides is 2. The summed E-state index contributed by atoms with van der Waals surface area (Å²) < 4.78 is 1.74. The summed E-state index contributed by atoms with van der Waals surface area (Å²) >= 11 is 0. The normalized spacial score (nSPS) is 11.4. The van der Waals surface area contributed by atoms with E-state index in [-0.39, 0.29) is 5.41 Å². The van der Waals surface area contributed by atoms with Crippen molar-refractivity contribution in [1.29, 1.82) is 0 Å². The number of carbonyl (C=O) groups excluding carboxylic acids is 1. The molecule has 112 valence electrons. The second-order valence-corrected chi connectivity index (χ2v) is 5.80. The number of para-hydroxylation sites is 1. The van der Waals surface area contributed by atoms with Gasteiger partial charge in [-0.25, -0.2) is 9.48 Å². The lowest BCUT2D eigenvalue weighted by Gasteiger charge is -2.20. The van der Waals surface area contributed by atoms with Gasteiger partial charge in [0.25, 0.3) is 0 Å². The third kappa shape index (κ3) is 2.91. The zero-order valence-electron chi connectivity index (χ0n) is 13.0. The third-order valence-corrected chi connectivity index (χ3v) is 3.89. The maximum atomic E-state index is 11.3. The molecule has 0 saturated heterocycles. The third-order valence-electron chi connectivity index (χ3n) is 3.89. The van der Waals surface area contributed by atoms with Gasteiger partial charge in [0.15, 0.2) is 0 Å². The highest BCUT2D eigenvalue weighted by molar-refractivity contribution is 5.88. The van der Waals surface area contributed by atoms with E-state index in [0.29, 0.717) is 5.82 Å². The maximum Gasteiger partial charge on any atom is 0.317 e. The Labute approximate surface area is 125 Å². The zero-order valence-corrected chi connectivity index (χ0v) is 13.0. The van der Waals surface area contributed by atoms with E-state index in [1.54, 1.807) is 4.68 Å². The fourth-order valence-electron chi connectivity index (χ4n) is 2.33. The van der Waals surface area contributed by atoms with E-state index >= 15 is 0 Å². The Bertz CT molecular complexity index is 644. The average Bonchev–Trinajstić information content (AvgIpc) is 2.77. The van der Waals surface area contributed by atoms with Gasteiger partial charge in [0.05, 0.1) is 11.4 Å². The Morgan fingerprint density at radius 3 is 2.48 bits per heavy atom. The Hall–Kier alpha value is -2.30. The molecular weight excluding hydrogens is 264 g/mol. The molecule has 5 heteroatoms. The summed E-state index contributed by atoms with van der Waals surface area (Å²) in [7, 11) is 0. The molecule has 0 radical (unpaired) electrons. The van der Waals surface area contributed by atoms with Crippen molar-refractivity contribution in [3.63, 3.8) is 0 Å². The van der Waals surface area contributed by atoms with Crippen LogP contribution < -0.4 is 11.1 Å². The van der Waals surface area contributed by atoms with Gasteiger partial charge in [0, 0.05) is 11.0 Å². The largest absolute Gasteiger partial charge is 0.351 e. The number of anilines is 1. The second-order valence-electron chi connectivity index (χ2n) is 5.80. The highest BCUT2D eigenvalue weighted by Crippen LogP contribution is 2.33. The van der Waals surface area contributed by atoms with E-state index in [0.717, 1.165) is 23.4 Å². The minimum atomic E-state index is -0.587. The number of aromatic nitrogens is 2. The van der Waals surface area contributed by atoms with Crippen LogP contribution in [0.5, 0.6) is 0 Å². The Kier molecular flexibility index (Phi) is 4.02. The molecule has 2 rings (SSSR count). The van der Waals surface area contributed by atoms with Crippen molar-refractivity contribution in [3.8, 4) is 5.69 Å². The highest BCUT2D eigenvalue weighted by Gasteiger charge is 2.27. The van der Waals surface area contributed by atoms with Crippen molar-refractivity contribution in [3.05, 3.63) is 41.6 Å². The molecule has 0 aliphatic heterocycles. The quantitative estimate of drug-likeness (QED) is 0.904. The minimum absolute atomic E-state index is 0.0712. The number of hydrogen-bond donors (Lipinski definition) is 2. The van der Waals surface area contributed by atoms with Gasteiger partial charge in [-0.1, -0.05) is 39.0 Å². The Balaban J connectivity index is 2.63. The van der Waals surface area contributed by atoms with Crippen molar-refractivity contribution in [2.45, 2.75) is 39.5 Å². The number of hydrogen-bond acceptors (Lipinski definition) is 2. The molecular formula is C16H22N4O. The molecule has 3 N–H and O–H groups in total. The van der Waals surface area contributed by atoms with Crippen LogP contribution in [0.25, 0.3) is 5.69 Å². The van der Waals surface area contributed by atoms with Gasteiger partial charge in [-0.05, 0) is 25.5 Å². The van der Waals surface area contributed by atoms with Crippen molar-refractivity contribution in [2.24, 2.45) is 5.73 Å². The lowest BCUT2D eigenvalue weighted by molar-refractivity contribution is 0.259. The maximum absolute atomic E-state index is 11.3. The number of urea groups is 1. The van der Waals surface area contributed by atoms with Crippen molar-refractivity contribution in [2.75, 3.05) is 5.32 Å². The fraction of sp³-hybridized carbons (Fsp3) is 0.375. The summed E-state index contributed by atoms with van der Waals surface area (Å²) in [6.07, 6.45) is 0.954. The molecule has 1 aromatic carbocycles. The molecule has 0 atom stereocenters. The van der Waals surface area contributed by atoms with Crippen LogP contribution in [0.15, 0.2) is 30.3 Å². The van der Waals surface area contributed by atoms with Gasteiger partial charge >= 0.3 is 6.03 Å². The van der Waals surface area contributed by atoms with Gasteiger partial charge < -0.3 is 5.73 Å². The first-order chi connectivity index (χ1) is 9.86. The SMILES string of the molecule is CCC(C)(C)c1nn(-c2ccccc2)c(NC(N)=O)c1C. The number of nitrogens with two attached hydrogens (primary N) is 1. The molecule has 0 unspecified atom stereocenters. The summed E-state index contributed by atoms with van der Waals surface area (Å²) in [5.74, 6) is 0.630. The van der Waals surface area contributed by atoms with Gasteiger partial charge in [0.2, 0.25) is 0 Å². The molecule has 0 saturated carbocycles. The van der Waals surface area contributed by atoms with Gasteiger partial charge in [-0.15, -0.1) is 0 Å². The van der Waals surface area contributed by atoms with Crippen LogP contribution in [0.1, 0.15) is 38.4 Å². The van der Waals surface area contributed by atoms with Crippen LogP contribution in [0.3, 0.4) is 0 Å². The molecule has 21 heavy (non-hydrogen) atoms. The monoisotopic (exact) mass is 286 g/mol. The molecule has 0 aliphatic rings. The molecule has 0 fully saturated rings. The molecule has 0 aliphatic carbocycles. The van der Waals surface area contributed by atoms with Gasteiger partial charge in [-0.2, -0.15) is 5.10 Å². The molecule has 0 spiro atoms. The van der Waals surface area contributed by atoms with Crippen molar-refractivity contribution >= 4 is 11.8 Å². The number of benzene rings is 1. The van der Waals surface area contributed by atoms with Crippen LogP contribution in [0.4, 0.5) is 10.6 Å². The van der Waals surface area contributed by atoms with Crippen LogP contribution >= 0.6 is 0 Å². The summed E-state index contributed by atoms with van der Waals surface area (Å²) in [6, 6.07) is 9.12. The summed E-state index contributed by atoms with van der Waals surface area (Å²) in [5, 5.41) is 7.42. The van der Waals surface area contributed by atoms with Gasteiger partial charge in [0.1, 0.15) is 5.82 Å². The van der Waals surface area contributed by atoms with E-state index in [4.69, 9.17) is 10.8 Å². The standard InChI is InChI=1S/C16H22N4O/c1-5-16(3,4)13-11(2)14(18-15(17)21)20(19-13)12-9-7-6-8-10-12/h6-10H,5H2,1-4H3,(H3,17,18,21). The predicted molar refractivity (Wildman–Crippen MR) is 84.8 cm³/mol. The molecule has 2 aromatic rings. The van der Waals surface area contributed by atoms with E-state index in [9.17, 15) is 4.79 Å². The Morgan fingerprint density at radius 2 is 1.95 bits per heavy atom. The predicted octanol–water partition coefficient (Wildman–Crippen LogP) is 3.36. The second kappa shape index (κ2) is 5.60. The number of primary amides is 1. The van der Waals surface area contributed by atoms with Crippen LogP contribution in [-0.4, -0.2) is 15.8 Å². The van der Waals surface area contributed by atoms with Crippen LogP contribution in [0, 0.1) is 6.92 Å². The van der Waals surface area contributed by atoms with E-state index in [1.807, 2.05) is 37.3 Å². The number of nitrogens with one attached hydrogen (secondary N) is 1. The molecule has 1 heterocycles. The topological polar surface area (TPSA) is 72.9 Å². The average molecular weight is 286 g/mol. The lowest BCUT2D eigenvalue weighted by atomic mass is 9.84. The van der Waals surface area contributed by atoms with E-state index in [2.05, 4.69) is 26.1 Å². The number of rotatable bonds is 4. The number of nitrogens with zero attached hydrogens (tertiary/aromatic N) is 2. The molecule has 0 bridgehead atoms. The number of carbonyl (C=O) groups is 1. The first-order valence-corrected chi connectivity index (χ1v) is 7.08. The zero-order chi connectivity index (χ0) is 15.6. The fourth-order valence-corrected chi connectivity index (χ4v) is 2.33. The lowest BCUT2D eigenvalue weighted by Crippen LogP contribution is -2.22. The van der Waals surface area contributed by atoms with Crippen molar-refractivity contribution < 1.29 is 4.79 Å². The van der Waals surface area contributed by atoms with Gasteiger partial charge in [-0.3, -0.25) is 5.32 Å². The smallest absolute Gasteiger partial charge is 0.317 e. The first-order valence-electron chi connectivity index (χ1n) is 7.08. The van der Waals surface area contributed by atoms with E-state index < -0.39 is 6.03 Å². The van der Waals surface area contributed by atoms with Crippen molar-refractivity contribution in [1.82, 2.24) is 9.78 Å². The summed E-state index contributed by atoms with van der Waals surface area (Å²) in [5.41, 5.74) is 8.04. The highest BCUT2D eigenvalue weighted by atomic mass is 16.2. The summed E-state index contributed by atoms with van der Waals surface area (Å²) in [6.45, 7) is 8.38. The molecule has 1 aromatic heterocycles. The molecule has 2 amide bonds. The molecule has 5 nitrogen and oxygen atoms in total.